The minimum atomic E-state index is 0.289. The second-order valence-electron chi connectivity index (χ2n) is 4.06. The Bertz CT molecular complexity index is 370. The lowest BCUT2D eigenvalue weighted by Gasteiger charge is -2.34. The van der Waals surface area contributed by atoms with Gasteiger partial charge in [0.1, 0.15) is 5.75 Å². The van der Waals surface area contributed by atoms with Crippen molar-refractivity contribution < 1.29 is 4.74 Å². The van der Waals surface area contributed by atoms with E-state index in [2.05, 4.69) is 17.3 Å². The first-order valence-corrected chi connectivity index (χ1v) is 5.85. The summed E-state index contributed by atoms with van der Waals surface area (Å²) in [6, 6.07) is 6.09. The zero-order valence-electron chi connectivity index (χ0n) is 9.66. The summed E-state index contributed by atoms with van der Waals surface area (Å²) in [7, 11) is 3.81. The van der Waals surface area contributed by atoms with E-state index in [9.17, 15) is 0 Å². The number of halogens is 1. The summed E-state index contributed by atoms with van der Waals surface area (Å²) in [6.45, 7) is 2.97. The van der Waals surface area contributed by atoms with Gasteiger partial charge in [-0.05, 0) is 19.2 Å². The van der Waals surface area contributed by atoms with Gasteiger partial charge in [-0.25, -0.2) is 0 Å². The molecule has 1 unspecified atom stereocenters. The van der Waals surface area contributed by atoms with Crippen molar-refractivity contribution in [3.05, 3.63) is 28.8 Å². The predicted molar refractivity (Wildman–Crippen MR) is 66.2 cm³/mol. The fourth-order valence-corrected chi connectivity index (χ4v) is 2.44. The largest absolute Gasteiger partial charge is 0.496 e. The molecule has 1 aromatic rings. The molecule has 0 bridgehead atoms. The molecule has 1 N–H and O–H groups in total. The summed E-state index contributed by atoms with van der Waals surface area (Å²) in [4.78, 5) is 2.31. The topological polar surface area (TPSA) is 24.5 Å². The Balaban J connectivity index is 2.37. The van der Waals surface area contributed by atoms with Crippen LogP contribution in [0.1, 0.15) is 11.6 Å². The van der Waals surface area contributed by atoms with Gasteiger partial charge in [0.2, 0.25) is 0 Å². The number of rotatable bonds is 2. The molecule has 0 saturated carbocycles. The third-order valence-electron chi connectivity index (χ3n) is 3.08. The second-order valence-corrected chi connectivity index (χ2v) is 4.46. The maximum absolute atomic E-state index is 6.27. The summed E-state index contributed by atoms with van der Waals surface area (Å²) in [5.41, 5.74) is 1.08. The highest BCUT2D eigenvalue weighted by Gasteiger charge is 2.25. The Morgan fingerprint density at radius 3 is 3.00 bits per heavy atom. The number of nitrogens with zero attached hydrogens (tertiary/aromatic N) is 1. The molecule has 0 spiro atoms. The van der Waals surface area contributed by atoms with E-state index in [0.29, 0.717) is 0 Å². The maximum atomic E-state index is 6.27. The van der Waals surface area contributed by atoms with Crippen molar-refractivity contribution in [2.75, 3.05) is 33.8 Å². The van der Waals surface area contributed by atoms with Crippen molar-refractivity contribution in [3.8, 4) is 5.75 Å². The number of piperazine rings is 1. The minimum absolute atomic E-state index is 0.289. The molecular formula is C12H17ClN2O. The highest BCUT2D eigenvalue weighted by Crippen LogP contribution is 2.35. The monoisotopic (exact) mass is 240 g/mol. The van der Waals surface area contributed by atoms with Crippen molar-refractivity contribution in [2.24, 2.45) is 0 Å². The fraction of sp³-hybridized carbons (Fsp3) is 0.500. The molecule has 0 aromatic heterocycles. The molecule has 0 aliphatic carbocycles. The smallest absolute Gasteiger partial charge is 0.125 e. The lowest BCUT2D eigenvalue weighted by atomic mass is 10.0. The molecule has 1 saturated heterocycles. The molecule has 0 amide bonds. The van der Waals surface area contributed by atoms with Gasteiger partial charge in [-0.1, -0.05) is 17.7 Å². The van der Waals surface area contributed by atoms with E-state index >= 15 is 0 Å². The molecule has 1 fully saturated rings. The molecule has 1 atom stereocenters. The predicted octanol–water partition coefficient (Wildman–Crippen LogP) is 1.92. The quantitative estimate of drug-likeness (QED) is 0.855. The van der Waals surface area contributed by atoms with Crippen molar-refractivity contribution in [3.63, 3.8) is 0 Å². The van der Waals surface area contributed by atoms with Gasteiger partial charge in [-0.2, -0.15) is 0 Å². The van der Waals surface area contributed by atoms with Gasteiger partial charge < -0.3 is 10.1 Å². The normalized spacial score (nSPS) is 22.1. The Labute approximate surface area is 101 Å². The first-order chi connectivity index (χ1) is 7.74. The van der Waals surface area contributed by atoms with Gasteiger partial charge in [-0.15, -0.1) is 0 Å². The van der Waals surface area contributed by atoms with Crippen molar-refractivity contribution >= 4 is 11.6 Å². The number of benzene rings is 1. The molecule has 0 radical (unpaired) electrons. The van der Waals surface area contributed by atoms with Gasteiger partial charge in [0.25, 0.3) is 0 Å². The first kappa shape index (κ1) is 11.7. The molecule has 88 valence electrons. The lowest BCUT2D eigenvalue weighted by molar-refractivity contribution is 0.198. The van der Waals surface area contributed by atoms with Crippen LogP contribution in [0.2, 0.25) is 5.02 Å². The fourth-order valence-electron chi connectivity index (χ4n) is 2.15. The van der Waals surface area contributed by atoms with E-state index in [-0.39, 0.29) is 6.04 Å². The van der Waals surface area contributed by atoms with E-state index in [0.717, 1.165) is 36.0 Å². The molecule has 2 rings (SSSR count). The highest BCUT2D eigenvalue weighted by molar-refractivity contribution is 6.31. The van der Waals surface area contributed by atoms with Crippen LogP contribution in [0, 0.1) is 0 Å². The molecule has 1 heterocycles. The SMILES string of the molecule is COc1cccc(Cl)c1C1CNCCN1C. The molecule has 1 aliphatic rings. The Morgan fingerprint density at radius 2 is 2.31 bits per heavy atom. The molecule has 1 aromatic carbocycles. The summed E-state index contributed by atoms with van der Waals surface area (Å²) in [6.07, 6.45) is 0. The van der Waals surface area contributed by atoms with Gasteiger partial charge in [0.05, 0.1) is 13.2 Å². The van der Waals surface area contributed by atoms with Crippen LogP contribution < -0.4 is 10.1 Å². The van der Waals surface area contributed by atoms with E-state index in [4.69, 9.17) is 16.3 Å². The van der Waals surface area contributed by atoms with Gasteiger partial charge in [-0.3, -0.25) is 4.90 Å². The highest BCUT2D eigenvalue weighted by atomic mass is 35.5. The second kappa shape index (κ2) is 5.04. The van der Waals surface area contributed by atoms with E-state index < -0.39 is 0 Å². The van der Waals surface area contributed by atoms with Crippen LogP contribution in [0.3, 0.4) is 0 Å². The van der Waals surface area contributed by atoms with Gasteiger partial charge in [0, 0.05) is 30.2 Å². The Hall–Kier alpha value is -0.770. The van der Waals surface area contributed by atoms with Crippen molar-refractivity contribution in [1.29, 1.82) is 0 Å². The van der Waals surface area contributed by atoms with Crippen LogP contribution in [-0.4, -0.2) is 38.7 Å². The summed E-state index contributed by atoms with van der Waals surface area (Å²) < 4.78 is 5.39. The van der Waals surface area contributed by atoms with Gasteiger partial charge >= 0.3 is 0 Å². The number of hydrogen-bond donors (Lipinski definition) is 1. The molecule has 1 aliphatic heterocycles. The van der Waals surface area contributed by atoms with E-state index in [1.54, 1.807) is 7.11 Å². The van der Waals surface area contributed by atoms with E-state index in [1.807, 2.05) is 18.2 Å². The lowest BCUT2D eigenvalue weighted by Crippen LogP contribution is -2.44. The van der Waals surface area contributed by atoms with Gasteiger partial charge in [0.15, 0.2) is 0 Å². The van der Waals surface area contributed by atoms with Crippen LogP contribution in [0.15, 0.2) is 18.2 Å². The number of ether oxygens (including phenoxy) is 1. The van der Waals surface area contributed by atoms with Crippen LogP contribution in [-0.2, 0) is 0 Å². The molecule has 4 heteroatoms. The van der Waals surface area contributed by atoms with Crippen LogP contribution in [0.25, 0.3) is 0 Å². The van der Waals surface area contributed by atoms with Crippen molar-refractivity contribution in [1.82, 2.24) is 10.2 Å². The first-order valence-electron chi connectivity index (χ1n) is 5.47. The third-order valence-corrected chi connectivity index (χ3v) is 3.41. The standard InChI is InChI=1S/C12H17ClN2O/c1-15-7-6-14-8-10(15)12-9(13)4-3-5-11(12)16-2/h3-5,10,14H,6-8H2,1-2H3. The zero-order valence-corrected chi connectivity index (χ0v) is 10.4. The maximum Gasteiger partial charge on any atom is 0.125 e. The number of nitrogens with one attached hydrogen (secondary N) is 1. The number of methoxy groups -OCH3 is 1. The number of likely N-dealkylation sites (N-methyl/N-ethyl adjacent to an activating group) is 1. The Morgan fingerprint density at radius 1 is 1.50 bits per heavy atom. The average molecular weight is 241 g/mol. The van der Waals surface area contributed by atoms with E-state index in [1.165, 1.54) is 0 Å². The average Bonchev–Trinajstić information content (AvgIpc) is 2.30. The third kappa shape index (κ3) is 2.17. The summed E-state index contributed by atoms with van der Waals surface area (Å²) in [5.74, 6) is 0.869. The summed E-state index contributed by atoms with van der Waals surface area (Å²) >= 11 is 6.27. The van der Waals surface area contributed by atoms with Crippen LogP contribution >= 0.6 is 11.6 Å². The van der Waals surface area contributed by atoms with Crippen LogP contribution in [0.5, 0.6) is 5.75 Å². The summed E-state index contributed by atoms with van der Waals surface area (Å²) in [5, 5.41) is 4.16. The number of hydrogen-bond acceptors (Lipinski definition) is 3. The zero-order chi connectivity index (χ0) is 11.5. The van der Waals surface area contributed by atoms with Crippen LogP contribution in [0.4, 0.5) is 0 Å². The van der Waals surface area contributed by atoms with Crippen molar-refractivity contribution in [2.45, 2.75) is 6.04 Å². The molecular weight excluding hydrogens is 224 g/mol. The molecule has 16 heavy (non-hydrogen) atoms. The molecule has 3 nitrogen and oxygen atoms in total. The minimum Gasteiger partial charge on any atom is -0.496 e. The Kier molecular flexibility index (Phi) is 3.69.